The molecule has 0 bridgehead atoms. The van der Waals surface area contributed by atoms with Crippen LogP contribution >= 0.6 is 11.3 Å². The standard InChI is InChI=1S/C29H29N5O2S/c1-20-3-7-23(8-4-20)24-15-25(27(35)32-19-22-6-5-21(2)31-18-22)17-26(16-24)28(36)33-10-12-34(13-11-33)29-30-9-14-37-29/h3-9,14-18H,10-13,19H2,1-2H3,(H,32,35). The number of piperazine rings is 1. The van der Waals surface area contributed by atoms with E-state index in [2.05, 4.69) is 20.2 Å². The minimum absolute atomic E-state index is 0.0652. The number of hydrogen-bond acceptors (Lipinski definition) is 6. The summed E-state index contributed by atoms with van der Waals surface area (Å²) < 4.78 is 0. The molecule has 0 atom stereocenters. The number of aryl methyl sites for hydroxylation is 2. The number of nitrogens with one attached hydrogen (secondary N) is 1. The van der Waals surface area contributed by atoms with E-state index in [1.807, 2.05) is 72.7 Å². The summed E-state index contributed by atoms with van der Waals surface area (Å²) in [6.45, 7) is 7.00. The molecule has 1 fully saturated rings. The van der Waals surface area contributed by atoms with Gasteiger partial charge in [-0.2, -0.15) is 0 Å². The van der Waals surface area contributed by atoms with Crippen LogP contribution in [0.3, 0.4) is 0 Å². The van der Waals surface area contributed by atoms with E-state index in [0.29, 0.717) is 30.8 Å². The molecule has 0 unspecified atom stereocenters. The Morgan fingerprint density at radius 1 is 0.892 bits per heavy atom. The predicted octanol–water partition coefficient (Wildman–Crippen LogP) is 4.71. The summed E-state index contributed by atoms with van der Waals surface area (Å²) in [6.07, 6.45) is 3.56. The van der Waals surface area contributed by atoms with Crippen LogP contribution in [0.5, 0.6) is 0 Å². The Kier molecular flexibility index (Phi) is 7.28. The number of nitrogens with zero attached hydrogens (tertiary/aromatic N) is 4. The summed E-state index contributed by atoms with van der Waals surface area (Å²) in [7, 11) is 0. The molecule has 8 heteroatoms. The number of pyridine rings is 1. The van der Waals surface area contributed by atoms with Gasteiger partial charge in [0.05, 0.1) is 0 Å². The molecule has 1 aliphatic rings. The summed E-state index contributed by atoms with van der Waals surface area (Å²) in [5.74, 6) is -0.290. The number of hydrogen-bond donors (Lipinski definition) is 1. The Morgan fingerprint density at radius 3 is 2.32 bits per heavy atom. The van der Waals surface area contributed by atoms with Crippen molar-refractivity contribution in [2.75, 3.05) is 31.1 Å². The van der Waals surface area contributed by atoms with Gasteiger partial charge in [-0.1, -0.05) is 35.9 Å². The van der Waals surface area contributed by atoms with Crippen molar-refractivity contribution in [2.45, 2.75) is 20.4 Å². The first-order chi connectivity index (χ1) is 18.0. The summed E-state index contributed by atoms with van der Waals surface area (Å²) in [6, 6.07) is 17.4. The molecule has 2 amide bonds. The smallest absolute Gasteiger partial charge is 0.254 e. The second-order valence-corrected chi connectivity index (χ2v) is 10.1. The molecule has 3 heterocycles. The van der Waals surface area contributed by atoms with E-state index in [1.165, 1.54) is 0 Å². The molecule has 0 radical (unpaired) electrons. The van der Waals surface area contributed by atoms with Gasteiger partial charge in [0, 0.05) is 67.3 Å². The van der Waals surface area contributed by atoms with Gasteiger partial charge in [-0.25, -0.2) is 4.98 Å². The fourth-order valence-electron chi connectivity index (χ4n) is 4.34. The lowest BCUT2D eigenvalue weighted by molar-refractivity contribution is 0.0747. The summed E-state index contributed by atoms with van der Waals surface area (Å²) in [5.41, 5.74) is 5.78. The van der Waals surface area contributed by atoms with E-state index >= 15 is 0 Å². The zero-order valence-corrected chi connectivity index (χ0v) is 21.8. The van der Waals surface area contributed by atoms with Gasteiger partial charge in [0.2, 0.25) is 0 Å². The second kappa shape index (κ2) is 10.9. The molecule has 4 aromatic rings. The average molecular weight is 512 g/mol. The summed E-state index contributed by atoms with van der Waals surface area (Å²) >= 11 is 1.61. The third kappa shape index (κ3) is 5.86. The van der Waals surface area contributed by atoms with Crippen molar-refractivity contribution in [3.63, 3.8) is 0 Å². The number of thiazole rings is 1. The summed E-state index contributed by atoms with van der Waals surface area (Å²) in [4.78, 5) is 39.5. The molecule has 188 valence electrons. The Hall–Kier alpha value is -4.04. The van der Waals surface area contributed by atoms with Crippen molar-refractivity contribution < 1.29 is 9.59 Å². The fraction of sp³-hybridized carbons (Fsp3) is 0.241. The van der Waals surface area contributed by atoms with Crippen LogP contribution in [0.15, 0.2) is 72.4 Å². The molecule has 0 saturated carbocycles. The Labute approximate surface area is 220 Å². The van der Waals surface area contributed by atoms with Crippen LogP contribution in [-0.2, 0) is 6.54 Å². The highest BCUT2D eigenvalue weighted by Gasteiger charge is 2.24. The van der Waals surface area contributed by atoms with Crippen molar-refractivity contribution >= 4 is 28.3 Å². The van der Waals surface area contributed by atoms with Crippen LogP contribution in [-0.4, -0.2) is 52.9 Å². The van der Waals surface area contributed by atoms with Crippen LogP contribution < -0.4 is 10.2 Å². The maximum atomic E-state index is 13.6. The normalized spacial score (nSPS) is 13.5. The van der Waals surface area contributed by atoms with E-state index in [-0.39, 0.29) is 11.8 Å². The van der Waals surface area contributed by atoms with Crippen LogP contribution in [0.2, 0.25) is 0 Å². The molecule has 5 rings (SSSR count). The zero-order chi connectivity index (χ0) is 25.8. The molecular weight excluding hydrogens is 482 g/mol. The molecule has 37 heavy (non-hydrogen) atoms. The minimum Gasteiger partial charge on any atom is -0.348 e. The Bertz CT molecular complexity index is 1380. The maximum Gasteiger partial charge on any atom is 0.254 e. The number of benzene rings is 2. The first-order valence-corrected chi connectivity index (χ1v) is 13.2. The molecule has 7 nitrogen and oxygen atoms in total. The van der Waals surface area contributed by atoms with Gasteiger partial charge < -0.3 is 15.1 Å². The van der Waals surface area contributed by atoms with Gasteiger partial charge in [0.15, 0.2) is 5.13 Å². The molecule has 0 aliphatic carbocycles. The molecule has 1 N–H and O–H groups in total. The molecule has 1 aliphatic heterocycles. The molecule has 1 saturated heterocycles. The van der Waals surface area contributed by atoms with Crippen molar-refractivity contribution in [1.82, 2.24) is 20.2 Å². The van der Waals surface area contributed by atoms with E-state index in [9.17, 15) is 9.59 Å². The SMILES string of the molecule is Cc1ccc(-c2cc(C(=O)NCc3ccc(C)nc3)cc(C(=O)N3CCN(c4nccs4)CC3)c2)cc1. The highest BCUT2D eigenvalue weighted by Crippen LogP contribution is 2.25. The van der Waals surface area contributed by atoms with Crippen LogP contribution in [0, 0.1) is 13.8 Å². The third-order valence-electron chi connectivity index (χ3n) is 6.51. The van der Waals surface area contributed by atoms with E-state index in [4.69, 9.17) is 0 Å². The Balaban J connectivity index is 1.37. The fourth-order valence-corrected chi connectivity index (χ4v) is 5.03. The van der Waals surface area contributed by atoms with Gasteiger partial charge in [-0.05, 0) is 54.8 Å². The molecular formula is C29H29N5O2S. The van der Waals surface area contributed by atoms with E-state index in [0.717, 1.165) is 46.2 Å². The van der Waals surface area contributed by atoms with Gasteiger partial charge in [-0.3, -0.25) is 14.6 Å². The van der Waals surface area contributed by atoms with Crippen LogP contribution in [0.25, 0.3) is 11.1 Å². The van der Waals surface area contributed by atoms with Crippen molar-refractivity contribution in [3.8, 4) is 11.1 Å². The first-order valence-electron chi connectivity index (χ1n) is 12.3. The third-order valence-corrected chi connectivity index (χ3v) is 7.34. The summed E-state index contributed by atoms with van der Waals surface area (Å²) in [5, 5.41) is 5.92. The molecule has 2 aromatic heterocycles. The van der Waals surface area contributed by atoms with Crippen LogP contribution in [0.4, 0.5) is 5.13 Å². The van der Waals surface area contributed by atoms with Gasteiger partial charge >= 0.3 is 0 Å². The monoisotopic (exact) mass is 511 g/mol. The van der Waals surface area contributed by atoms with Crippen LogP contribution in [0.1, 0.15) is 37.5 Å². The van der Waals surface area contributed by atoms with Gasteiger partial charge in [0.25, 0.3) is 11.8 Å². The van der Waals surface area contributed by atoms with Crippen molar-refractivity contribution in [3.05, 3.63) is 100 Å². The topological polar surface area (TPSA) is 78.4 Å². The number of rotatable bonds is 6. The van der Waals surface area contributed by atoms with Crippen molar-refractivity contribution in [1.29, 1.82) is 0 Å². The van der Waals surface area contributed by atoms with E-state index in [1.54, 1.807) is 29.8 Å². The number of anilines is 1. The number of carbonyl (C=O) groups excluding carboxylic acids is 2. The highest BCUT2D eigenvalue weighted by atomic mass is 32.1. The lowest BCUT2D eigenvalue weighted by Gasteiger charge is -2.34. The molecule has 0 spiro atoms. The Morgan fingerprint density at radius 2 is 1.65 bits per heavy atom. The van der Waals surface area contributed by atoms with E-state index < -0.39 is 0 Å². The second-order valence-electron chi connectivity index (χ2n) is 9.25. The first kappa shape index (κ1) is 24.6. The van der Waals surface area contributed by atoms with Gasteiger partial charge in [0.1, 0.15) is 0 Å². The lowest BCUT2D eigenvalue weighted by Crippen LogP contribution is -2.48. The highest BCUT2D eigenvalue weighted by molar-refractivity contribution is 7.13. The van der Waals surface area contributed by atoms with Gasteiger partial charge in [-0.15, -0.1) is 11.3 Å². The zero-order valence-electron chi connectivity index (χ0n) is 21.0. The minimum atomic E-state index is -0.225. The lowest BCUT2D eigenvalue weighted by atomic mass is 9.98. The predicted molar refractivity (Wildman–Crippen MR) is 147 cm³/mol. The number of carbonyl (C=O) groups is 2. The maximum absolute atomic E-state index is 13.6. The molecule has 2 aromatic carbocycles. The number of amides is 2. The van der Waals surface area contributed by atoms with Crippen molar-refractivity contribution in [2.24, 2.45) is 0 Å². The number of aromatic nitrogens is 2. The quantitative estimate of drug-likeness (QED) is 0.406. The average Bonchev–Trinajstić information content (AvgIpc) is 3.48. The largest absolute Gasteiger partial charge is 0.348 e.